The van der Waals surface area contributed by atoms with E-state index in [-0.39, 0.29) is 23.4 Å². The van der Waals surface area contributed by atoms with Gasteiger partial charge in [0.25, 0.3) is 0 Å². The molecule has 0 fully saturated rings. The van der Waals surface area contributed by atoms with Gasteiger partial charge in [-0.25, -0.2) is 0 Å². The number of alkyl halides is 3. The van der Waals surface area contributed by atoms with Gasteiger partial charge in [0, 0.05) is 36.9 Å². The smallest absolute Gasteiger partial charge is 0.417 e. The van der Waals surface area contributed by atoms with E-state index in [2.05, 4.69) is 29.2 Å². The molecule has 1 N–H and O–H groups in total. The minimum absolute atomic E-state index is 0.0220. The van der Waals surface area contributed by atoms with Gasteiger partial charge in [-0.1, -0.05) is 117 Å². The summed E-state index contributed by atoms with van der Waals surface area (Å²) in [6.45, 7) is 7.36. The zero-order chi connectivity index (χ0) is 31.9. The molecule has 2 atom stereocenters. The predicted octanol–water partition coefficient (Wildman–Crippen LogP) is 9.22. The summed E-state index contributed by atoms with van der Waals surface area (Å²) >= 11 is 6.34. The summed E-state index contributed by atoms with van der Waals surface area (Å²) in [6.07, 6.45) is 1.69. The van der Waals surface area contributed by atoms with Crippen molar-refractivity contribution in [2.24, 2.45) is 17.3 Å². The highest BCUT2D eigenvalue weighted by molar-refractivity contribution is 6.32. The third kappa shape index (κ3) is 8.13. The first kappa shape index (κ1) is 33.3. The van der Waals surface area contributed by atoms with Crippen molar-refractivity contribution in [3.8, 4) is 0 Å². The van der Waals surface area contributed by atoms with E-state index in [4.69, 9.17) is 16.3 Å². The molecular formula is C36H39ClF3NO3. The van der Waals surface area contributed by atoms with Crippen molar-refractivity contribution < 1.29 is 27.8 Å². The first-order chi connectivity index (χ1) is 20.9. The third-order valence-corrected chi connectivity index (χ3v) is 8.91. The van der Waals surface area contributed by atoms with Crippen LogP contribution in [-0.4, -0.2) is 35.7 Å². The number of carbonyl (C=O) groups is 1. The maximum absolute atomic E-state index is 13.7. The normalized spacial score (nSPS) is 17.0. The highest BCUT2D eigenvalue weighted by atomic mass is 35.5. The molecule has 0 bridgehead atoms. The van der Waals surface area contributed by atoms with Crippen molar-refractivity contribution in [1.82, 2.24) is 4.90 Å². The molecule has 1 aliphatic rings. The zero-order valence-electron chi connectivity index (χ0n) is 25.2. The van der Waals surface area contributed by atoms with Gasteiger partial charge in [-0.15, -0.1) is 0 Å². The summed E-state index contributed by atoms with van der Waals surface area (Å²) in [5.41, 5.74) is 1.27. The number of aliphatic carboxylic acids is 1. The van der Waals surface area contributed by atoms with E-state index in [0.717, 1.165) is 23.0 Å². The standard InChI is InChI=1S/C36H39ClF3NO3/c1-25(34(42)43)30-18-11-20-32(35(30,2)3)44-22-12-21-41(23-28-17-10-19-31(33(28)37)36(38,39)40)24-29(26-13-6-4-7-14-26)27-15-8-5-9-16-27/h4-11,13-20,25,29-30H,12,21-24H2,1-3H3,(H,42,43). The lowest BCUT2D eigenvalue weighted by molar-refractivity contribution is -0.143. The average Bonchev–Trinajstić information content (AvgIpc) is 2.99. The molecule has 3 aromatic carbocycles. The fourth-order valence-corrected chi connectivity index (χ4v) is 6.25. The molecule has 0 radical (unpaired) electrons. The highest BCUT2D eigenvalue weighted by Crippen LogP contribution is 2.43. The number of halogens is 4. The molecular weight excluding hydrogens is 587 g/mol. The molecule has 4 rings (SSSR count). The molecule has 0 heterocycles. The molecule has 0 amide bonds. The number of benzene rings is 3. The van der Waals surface area contributed by atoms with Crippen LogP contribution in [0.4, 0.5) is 13.2 Å². The fourth-order valence-electron chi connectivity index (χ4n) is 5.96. The molecule has 0 saturated carbocycles. The first-order valence-corrected chi connectivity index (χ1v) is 15.2. The van der Waals surface area contributed by atoms with Crippen molar-refractivity contribution in [2.75, 3.05) is 19.7 Å². The Hall–Kier alpha value is -3.55. The number of ether oxygens (including phenoxy) is 1. The van der Waals surface area contributed by atoms with Crippen molar-refractivity contribution in [1.29, 1.82) is 0 Å². The molecule has 2 unspecified atom stereocenters. The maximum Gasteiger partial charge on any atom is 0.417 e. The van der Waals surface area contributed by atoms with Gasteiger partial charge >= 0.3 is 12.1 Å². The summed E-state index contributed by atoms with van der Waals surface area (Å²) in [6, 6.07) is 24.2. The Morgan fingerprint density at radius 1 is 1.00 bits per heavy atom. The van der Waals surface area contributed by atoms with Crippen molar-refractivity contribution >= 4 is 17.6 Å². The highest BCUT2D eigenvalue weighted by Gasteiger charge is 2.40. The van der Waals surface area contributed by atoms with Crippen LogP contribution in [0.1, 0.15) is 55.4 Å². The molecule has 44 heavy (non-hydrogen) atoms. The fraction of sp³-hybridized carbons (Fsp3) is 0.361. The summed E-state index contributed by atoms with van der Waals surface area (Å²) < 4.78 is 47.3. The van der Waals surface area contributed by atoms with Crippen LogP contribution in [0.5, 0.6) is 0 Å². The monoisotopic (exact) mass is 625 g/mol. The minimum atomic E-state index is -4.55. The number of rotatable bonds is 13. The van der Waals surface area contributed by atoms with Gasteiger partial charge in [0.15, 0.2) is 0 Å². The van der Waals surface area contributed by atoms with Gasteiger partial charge in [-0.05, 0) is 35.3 Å². The van der Waals surface area contributed by atoms with Crippen LogP contribution in [0.25, 0.3) is 0 Å². The molecule has 1 aliphatic carbocycles. The van der Waals surface area contributed by atoms with Crippen molar-refractivity contribution in [3.05, 3.63) is 130 Å². The van der Waals surface area contributed by atoms with Gasteiger partial charge in [-0.3, -0.25) is 9.69 Å². The van der Waals surface area contributed by atoms with Crippen LogP contribution in [0, 0.1) is 17.3 Å². The van der Waals surface area contributed by atoms with E-state index in [1.165, 1.54) is 6.07 Å². The lowest BCUT2D eigenvalue weighted by atomic mass is 9.69. The Labute approximate surface area is 262 Å². The third-order valence-electron chi connectivity index (χ3n) is 8.46. The largest absolute Gasteiger partial charge is 0.497 e. The Kier molecular flexibility index (Phi) is 11.0. The number of nitrogens with zero attached hydrogens (tertiary/aromatic N) is 1. The van der Waals surface area contributed by atoms with E-state index in [0.29, 0.717) is 31.7 Å². The van der Waals surface area contributed by atoms with Crippen LogP contribution in [-0.2, 0) is 22.3 Å². The molecule has 0 saturated heterocycles. The van der Waals surface area contributed by atoms with Crippen LogP contribution in [0.2, 0.25) is 5.02 Å². The molecule has 234 valence electrons. The predicted molar refractivity (Wildman–Crippen MR) is 168 cm³/mol. The number of carboxylic acids is 1. The molecule has 0 spiro atoms. The first-order valence-electron chi connectivity index (χ1n) is 14.8. The summed E-state index contributed by atoms with van der Waals surface area (Å²) in [5.74, 6) is -0.959. The Morgan fingerprint density at radius 2 is 1.61 bits per heavy atom. The van der Waals surface area contributed by atoms with Gasteiger partial charge in [0.2, 0.25) is 0 Å². The molecule has 4 nitrogen and oxygen atoms in total. The van der Waals surface area contributed by atoms with E-state index < -0.39 is 29.0 Å². The van der Waals surface area contributed by atoms with Gasteiger partial charge in [-0.2, -0.15) is 13.2 Å². The Balaban J connectivity index is 1.55. The van der Waals surface area contributed by atoms with Crippen LogP contribution >= 0.6 is 11.6 Å². The van der Waals surface area contributed by atoms with Crippen molar-refractivity contribution in [2.45, 2.75) is 45.8 Å². The van der Waals surface area contributed by atoms with E-state index >= 15 is 0 Å². The van der Waals surface area contributed by atoms with Gasteiger partial charge in [0.05, 0.1) is 23.1 Å². The van der Waals surface area contributed by atoms with E-state index in [1.54, 1.807) is 13.0 Å². The lowest BCUT2D eigenvalue weighted by Gasteiger charge is -2.38. The Bertz CT molecular complexity index is 1410. The van der Waals surface area contributed by atoms with Crippen molar-refractivity contribution in [3.63, 3.8) is 0 Å². The zero-order valence-corrected chi connectivity index (χ0v) is 26.0. The Morgan fingerprint density at radius 3 is 2.18 bits per heavy atom. The van der Waals surface area contributed by atoms with Crippen LogP contribution < -0.4 is 0 Å². The minimum Gasteiger partial charge on any atom is -0.497 e. The SMILES string of the molecule is CC(C(=O)O)C1C=CC=C(OCCCN(Cc2cccc(C(F)(F)F)c2Cl)CC(c2ccccc2)c2ccccc2)C1(C)C. The number of allylic oxidation sites excluding steroid dienone is 4. The second kappa shape index (κ2) is 14.5. The number of carboxylic acid groups (broad SMARTS) is 1. The van der Waals surface area contributed by atoms with Gasteiger partial charge in [0.1, 0.15) is 5.76 Å². The van der Waals surface area contributed by atoms with Crippen LogP contribution in [0.3, 0.4) is 0 Å². The molecule has 8 heteroatoms. The summed E-state index contributed by atoms with van der Waals surface area (Å²) in [4.78, 5) is 13.8. The molecule has 0 aromatic heterocycles. The summed E-state index contributed by atoms with van der Waals surface area (Å²) in [7, 11) is 0. The molecule has 0 aliphatic heterocycles. The second-order valence-corrected chi connectivity index (χ2v) is 12.3. The van der Waals surface area contributed by atoms with Crippen LogP contribution in [0.15, 0.2) is 103 Å². The van der Waals surface area contributed by atoms with E-state index in [9.17, 15) is 23.1 Å². The number of hydrogen-bond acceptors (Lipinski definition) is 3. The maximum atomic E-state index is 13.7. The number of hydrogen-bond donors (Lipinski definition) is 1. The van der Waals surface area contributed by atoms with Gasteiger partial charge < -0.3 is 9.84 Å². The summed E-state index contributed by atoms with van der Waals surface area (Å²) in [5, 5.41) is 9.31. The quantitative estimate of drug-likeness (QED) is 0.192. The second-order valence-electron chi connectivity index (χ2n) is 11.9. The topological polar surface area (TPSA) is 49.8 Å². The lowest BCUT2D eigenvalue weighted by Crippen LogP contribution is -2.36. The average molecular weight is 626 g/mol. The van der Waals surface area contributed by atoms with E-state index in [1.807, 2.05) is 68.5 Å². The molecule has 3 aromatic rings.